The summed E-state index contributed by atoms with van der Waals surface area (Å²) in [5.74, 6) is 0. The van der Waals surface area contributed by atoms with E-state index in [9.17, 15) is 19.9 Å². The molecule has 0 saturated carbocycles. The van der Waals surface area contributed by atoms with E-state index in [0.717, 1.165) is 5.69 Å². The minimum Gasteiger partial charge on any atom is -0.388 e. The quantitative estimate of drug-likeness (QED) is 0.422. The predicted octanol–water partition coefficient (Wildman–Crippen LogP) is -0.642. The summed E-state index contributed by atoms with van der Waals surface area (Å²) in [6.45, 7) is 0. The molecule has 0 bridgehead atoms. The number of rotatable bonds is 5. The molecule has 11 heteroatoms. The zero-order valence-electron chi connectivity index (χ0n) is 13.6. The van der Waals surface area contributed by atoms with Gasteiger partial charge in [0.2, 0.25) is 0 Å². The van der Waals surface area contributed by atoms with Crippen LogP contribution >= 0.6 is 7.60 Å². The van der Waals surface area contributed by atoms with Gasteiger partial charge in [-0.1, -0.05) is 23.4 Å². The van der Waals surface area contributed by atoms with Gasteiger partial charge in [0.25, 0.3) is 0 Å². The maximum absolute atomic E-state index is 11.1. The van der Waals surface area contributed by atoms with Gasteiger partial charge in [-0.15, -0.1) is 5.10 Å². The zero-order chi connectivity index (χ0) is 18.9. The van der Waals surface area contributed by atoms with Crippen molar-refractivity contribution in [3.05, 3.63) is 42.2 Å². The second-order valence-corrected chi connectivity index (χ2v) is 7.94. The van der Waals surface area contributed by atoms with Crippen LogP contribution in [0, 0.1) is 0 Å². The van der Waals surface area contributed by atoms with Crippen molar-refractivity contribution in [3.8, 4) is 5.69 Å². The smallest absolute Gasteiger partial charge is 0.325 e. The van der Waals surface area contributed by atoms with E-state index in [1.165, 1.54) is 10.9 Å². The highest BCUT2D eigenvalue weighted by Gasteiger charge is 2.45. The number of hydrogen-bond acceptors (Lipinski definition) is 7. The van der Waals surface area contributed by atoms with E-state index in [0.29, 0.717) is 0 Å². The first-order valence-electron chi connectivity index (χ1n) is 7.98. The maximum atomic E-state index is 11.1. The molecule has 142 valence electrons. The van der Waals surface area contributed by atoms with Crippen molar-refractivity contribution >= 4 is 7.60 Å². The highest BCUT2D eigenvalue weighted by Crippen LogP contribution is 2.39. The molecular formula is C15H20N3O7P. The van der Waals surface area contributed by atoms with E-state index >= 15 is 0 Å². The first kappa shape index (κ1) is 19.1. The number of nitrogens with zero attached hydrogens (tertiary/aromatic N) is 3. The summed E-state index contributed by atoms with van der Waals surface area (Å²) in [5.41, 5.74) is 0.962. The highest BCUT2D eigenvalue weighted by molar-refractivity contribution is 7.51. The van der Waals surface area contributed by atoms with Crippen LogP contribution in [0.5, 0.6) is 0 Å². The van der Waals surface area contributed by atoms with Crippen LogP contribution in [0.2, 0.25) is 0 Å². The van der Waals surface area contributed by atoms with Gasteiger partial charge in [0.15, 0.2) is 0 Å². The average molecular weight is 385 g/mol. The first-order valence-corrected chi connectivity index (χ1v) is 9.78. The average Bonchev–Trinajstić information content (AvgIpc) is 3.09. The summed E-state index contributed by atoms with van der Waals surface area (Å²) in [5, 5.41) is 38.2. The van der Waals surface area contributed by atoms with Crippen molar-refractivity contribution < 1.29 is 34.4 Å². The molecule has 1 aromatic heterocycles. The predicted molar refractivity (Wildman–Crippen MR) is 88.5 cm³/mol. The zero-order valence-corrected chi connectivity index (χ0v) is 14.5. The number of aromatic nitrogens is 3. The molecule has 0 radical (unpaired) electrons. The number of aliphatic hydroxyl groups is 3. The lowest BCUT2D eigenvalue weighted by Gasteiger charge is -2.40. The van der Waals surface area contributed by atoms with Gasteiger partial charge in [0.1, 0.15) is 30.1 Å². The monoisotopic (exact) mass is 385 g/mol. The summed E-state index contributed by atoms with van der Waals surface area (Å²) >= 11 is 0. The number of benzene rings is 1. The van der Waals surface area contributed by atoms with Crippen molar-refractivity contribution in [2.75, 3.05) is 6.16 Å². The molecule has 1 aliphatic rings. The lowest BCUT2D eigenvalue weighted by atomic mass is 9.92. The van der Waals surface area contributed by atoms with Crippen molar-refractivity contribution in [2.45, 2.75) is 36.9 Å². The van der Waals surface area contributed by atoms with Gasteiger partial charge in [0.05, 0.1) is 24.2 Å². The molecule has 26 heavy (non-hydrogen) atoms. The molecule has 1 saturated heterocycles. The topological polar surface area (TPSA) is 158 Å². The summed E-state index contributed by atoms with van der Waals surface area (Å²) < 4.78 is 18.1. The Balaban J connectivity index is 1.80. The van der Waals surface area contributed by atoms with Crippen LogP contribution < -0.4 is 0 Å². The van der Waals surface area contributed by atoms with Gasteiger partial charge < -0.3 is 29.8 Å². The second-order valence-electron chi connectivity index (χ2n) is 6.17. The van der Waals surface area contributed by atoms with Crippen molar-refractivity contribution in [3.63, 3.8) is 0 Å². The van der Waals surface area contributed by atoms with Crippen LogP contribution in [0.4, 0.5) is 0 Å². The molecule has 2 aromatic rings. The molecule has 0 unspecified atom stereocenters. The fourth-order valence-corrected chi connectivity index (χ4v) is 3.43. The Labute approximate surface area is 148 Å². The van der Waals surface area contributed by atoms with Crippen LogP contribution in [-0.2, 0) is 9.30 Å². The molecular weight excluding hydrogens is 365 g/mol. The van der Waals surface area contributed by atoms with Gasteiger partial charge in [-0.3, -0.25) is 4.57 Å². The standard InChI is InChI=1S/C15H20N3O7P/c19-12-11(6-7-26(22,23)24)25-15(14(21)13(12)20)10-8-18(17-16-10)9-4-2-1-3-5-9/h1-5,8,11-15,19-21H,6-7H2,(H2,22,23,24)/t11-,12-,13+,14+,15-/m1/s1. The fourth-order valence-electron chi connectivity index (χ4n) is 2.84. The number of para-hydroxylation sites is 1. The third-order valence-corrected chi connectivity index (χ3v) is 5.08. The van der Waals surface area contributed by atoms with Gasteiger partial charge in [-0.2, -0.15) is 0 Å². The summed E-state index contributed by atoms with van der Waals surface area (Å²) in [6.07, 6.45) is -5.81. The van der Waals surface area contributed by atoms with E-state index in [1.807, 2.05) is 18.2 Å². The number of ether oxygens (including phenoxy) is 1. The van der Waals surface area contributed by atoms with Gasteiger partial charge >= 0.3 is 7.60 Å². The Morgan fingerprint density at radius 3 is 2.42 bits per heavy atom. The SMILES string of the molecule is O=P(O)(O)CC[C@H]1O[C@H](c2cn(-c3ccccc3)nn2)[C@@H](O)[C@@H](O)[C@@H]1O. The molecule has 5 N–H and O–H groups in total. The number of aliphatic hydroxyl groups excluding tert-OH is 3. The van der Waals surface area contributed by atoms with E-state index in [-0.39, 0.29) is 12.1 Å². The van der Waals surface area contributed by atoms with Crippen LogP contribution in [0.15, 0.2) is 36.5 Å². The number of hydrogen-bond donors (Lipinski definition) is 5. The van der Waals surface area contributed by atoms with Crippen LogP contribution in [0.3, 0.4) is 0 Å². The Morgan fingerprint density at radius 1 is 1.08 bits per heavy atom. The molecule has 0 aliphatic carbocycles. The molecule has 1 fully saturated rings. The van der Waals surface area contributed by atoms with Crippen molar-refractivity contribution in [1.82, 2.24) is 15.0 Å². The van der Waals surface area contributed by atoms with Gasteiger partial charge in [0, 0.05) is 0 Å². The van der Waals surface area contributed by atoms with Crippen molar-refractivity contribution in [1.29, 1.82) is 0 Å². The van der Waals surface area contributed by atoms with E-state index in [4.69, 9.17) is 14.5 Å². The summed E-state index contributed by atoms with van der Waals surface area (Å²) in [4.78, 5) is 18.0. The molecule has 1 aromatic carbocycles. The normalized spacial score (nSPS) is 29.7. The molecule has 0 spiro atoms. The maximum Gasteiger partial charge on any atom is 0.325 e. The largest absolute Gasteiger partial charge is 0.388 e. The summed E-state index contributed by atoms with van der Waals surface area (Å²) in [6, 6.07) is 9.09. The Bertz CT molecular complexity index is 781. The third-order valence-electron chi connectivity index (χ3n) is 4.24. The van der Waals surface area contributed by atoms with Gasteiger partial charge in [-0.25, -0.2) is 4.68 Å². The molecule has 5 atom stereocenters. The van der Waals surface area contributed by atoms with Crippen molar-refractivity contribution in [2.24, 2.45) is 0 Å². The Kier molecular flexibility index (Phi) is 5.54. The fraction of sp³-hybridized carbons (Fsp3) is 0.467. The molecule has 10 nitrogen and oxygen atoms in total. The summed E-state index contributed by atoms with van der Waals surface area (Å²) in [7, 11) is -4.29. The molecule has 3 rings (SSSR count). The Hall–Kier alpha value is -1.65. The van der Waals surface area contributed by atoms with Crippen LogP contribution in [0.25, 0.3) is 5.69 Å². The highest BCUT2D eigenvalue weighted by atomic mass is 31.2. The first-order chi connectivity index (χ1) is 12.3. The second kappa shape index (κ2) is 7.53. The Morgan fingerprint density at radius 2 is 1.77 bits per heavy atom. The van der Waals surface area contributed by atoms with Crippen LogP contribution in [0.1, 0.15) is 18.2 Å². The third kappa shape index (κ3) is 4.18. The molecule has 0 amide bonds. The van der Waals surface area contributed by atoms with Crippen LogP contribution in [-0.4, -0.2) is 70.7 Å². The lowest BCUT2D eigenvalue weighted by molar-refractivity contribution is -0.225. The minimum atomic E-state index is -4.29. The molecule has 2 heterocycles. The van der Waals surface area contributed by atoms with E-state index in [2.05, 4.69) is 10.3 Å². The van der Waals surface area contributed by atoms with Gasteiger partial charge in [-0.05, 0) is 18.6 Å². The lowest BCUT2D eigenvalue weighted by Crippen LogP contribution is -2.54. The van der Waals surface area contributed by atoms with E-state index in [1.54, 1.807) is 12.1 Å². The van der Waals surface area contributed by atoms with E-state index < -0.39 is 44.3 Å². The minimum absolute atomic E-state index is 0.182. The molecule has 1 aliphatic heterocycles.